The molecular weight excluding hydrogens is 216 g/mol. The lowest BCUT2D eigenvalue weighted by Crippen LogP contribution is -2.59. The summed E-state index contributed by atoms with van der Waals surface area (Å²) in [7, 11) is 4.09. The van der Waals surface area contributed by atoms with Gasteiger partial charge in [-0.1, -0.05) is 0 Å². The Kier molecular flexibility index (Phi) is 5.88. The van der Waals surface area contributed by atoms with E-state index < -0.39 is 0 Å². The molecule has 1 saturated heterocycles. The van der Waals surface area contributed by atoms with Crippen LogP contribution in [-0.4, -0.2) is 62.7 Å². The number of nitrogens with zero attached hydrogens (tertiary/aromatic N) is 1. The van der Waals surface area contributed by atoms with Gasteiger partial charge in [-0.05, 0) is 40.9 Å². The van der Waals surface area contributed by atoms with E-state index in [2.05, 4.69) is 34.7 Å². The van der Waals surface area contributed by atoms with Crippen LogP contribution in [0.4, 0.5) is 0 Å². The summed E-state index contributed by atoms with van der Waals surface area (Å²) in [5.41, 5.74) is 0. The normalized spacial score (nSPS) is 26.9. The second kappa shape index (κ2) is 6.93. The predicted octanol–water partition coefficient (Wildman–Crippen LogP) is -0.607. The van der Waals surface area contributed by atoms with Gasteiger partial charge in [-0.15, -0.1) is 0 Å². The number of nitrogens with one attached hydrogen (secondary N) is 3. The van der Waals surface area contributed by atoms with Crippen molar-refractivity contribution in [3.63, 3.8) is 0 Å². The Morgan fingerprint density at radius 3 is 2.65 bits per heavy atom. The predicted molar refractivity (Wildman–Crippen MR) is 70.0 cm³/mol. The van der Waals surface area contributed by atoms with Crippen LogP contribution >= 0.6 is 0 Å². The zero-order valence-corrected chi connectivity index (χ0v) is 11.4. The molecule has 5 heteroatoms. The Morgan fingerprint density at radius 2 is 2.12 bits per heavy atom. The number of amides is 1. The molecule has 3 N–H and O–H groups in total. The first-order chi connectivity index (χ1) is 7.99. The highest BCUT2D eigenvalue weighted by molar-refractivity contribution is 5.82. The number of carbonyl (C=O) groups excluding carboxylic acids is 1. The number of hydrogen-bond acceptors (Lipinski definition) is 4. The van der Waals surface area contributed by atoms with Crippen molar-refractivity contribution >= 4 is 5.91 Å². The SMILES string of the molecule is CC1CNC(C(=O)NC(C)CCN(C)C)CN1. The van der Waals surface area contributed by atoms with Crippen molar-refractivity contribution in [2.45, 2.75) is 38.4 Å². The molecule has 17 heavy (non-hydrogen) atoms. The molecule has 1 heterocycles. The molecule has 1 fully saturated rings. The summed E-state index contributed by atoms with van der Waals surface area (Å²) in [6.45, 7) is 6.73. The molecule has 5 nitrogen and oxygen atoms in total. The maximum atomic E-state index is 11.9. The van der Waals surface area contributed by atoms with E-state index in [4.69, 9.17) is 0 Å². The van der Waals surface area contributed by atoms with Crippen LogP contribution in [0, 0.1) is 0 Å². The first kappa shape index (κ1) is 14.4. The molecule has 1 rings (SSSR count). The summed E-state index contributed by atoms with van der Waals surface area (Å²) in [5, 5.41) is 9.61. The lowest BCUT2D eigenvalue weighted by Gasteiger charge is -2.29. The summed E-state index contributed by atoms with van der Waals surface area (Å²) in [6, 6.07) is 0.587. The lowest BCUT2D eigenvalue weighted by atomic mass is 10.1. The molecule has 0 radical (unpaired) electrons. The molecule has 0 aromatic heterocycles. The molecule has 0 aliphatic carbocycles. The molecule has 0 spiro atoms. The third-order valence-corrected chi connectivity index (χ3v) is 3.06. The van der Waals surface area contributed by atoms with Crippen molar-refractivity contribution in [3.8, 4) is 0 Å². The molecule has 1 amide bonds. The van der Waals surface area contributed by atoms with Crippen molar-refractivity contribution in [3.05, 3.63) is 0 Å². The van der Waals surface area contributed by atoms with Crippen molar-refractivity contribution in [2.75, 3.05) is 33.7 Å². The quantitative estimate of drug-likeness (QED) is 0.602. The van der Waals surface area contributed by atoms with Crippen molar-refractivity contribution in [1.82, 2.24) is 20.9 Å². The minimum Gasteiger partial charge on any atom is -0.352 e. The van der Waals surface area contributed by atoms with Crippen molar-refractivity contribution in [2.24, 2.45) is 0 Å². The van der Waals surface area contributed by atoms with E-state index >= 15 is 0 Å². The molecule has 0 saturated carbocycles. The maximum absolute atomic E-state index is 11.9. The fourth-order valence-corrected chi connectivity index (χ4v) is 1.84. The van der Waals surface area contributed by atoms with Gasteiger partial charge in [-0.25, -0.2) is 0 Å². The molecule has 1 aliphatic rings. The van der Waals surface area contributed by atoms with Gasteiger partial charge < -0.3 is 20.9 Å². The highest BCUT2D eigenvalue weighted by Crippen LogP contribution is 1.97. The van der Waals surface area contributed by atoms with E-state index in [1.807, 2.05) is 14.1 Å². The second-order valence-electron chi connectivity index (χ2n) is 5.27. The van der Waals surface area contributed by atoms with Crippen LogP contribution in [0.1, 0.15) is 20.3 Å². The van der Waals surface area contributed by atoms with Crippen LogP contribution in [0.2, 0.25) is 0 Å². The van der Waals surface area contributed by atoms with E-state index in [1.165, 1.54) is 0 Å². The first-order valence-electron chi connectivity index (χ1n) is 6.41. The van der Waals surface area contributed by atoms with Crippen molar-refractivity contribution < 1.29 is 4.79 Å². The van der Waals surface area contributed by atoms with E-state index in [0.29, 0.717) is 12.6 Å². The summed E-state index contributed by atoms with van der Waals surface area (Å²) < 4.78 is 0. The largest absolute Gasteiger partial charge is 0.352 e. The summed E-state index contributed by atoms with van der Waals surface area (Å²) in [5.74, 6) is 0.107. The van der Waals surface area contributed by atoms with E-state index in [9.17, 15) is 4.79 Å². The van der Waals surface area contributed by atoms with Crippen LogP contribution in [0.25, 0.3) is 0 Å². The second-order valence-corrected chi connectivity index (χ2v) is 5.27. The standard InChI is InChI=1S/C12H26N4O/c1-9(5-6-16(3)4)15-12(17)11-8-13-10(2)7-14-11/h9-11,13-14H,5-8H2,1-4H3,(H,15,17). The Morgan fingerprint density at radius 1 is 1.41 bits per heavy atom. The molecule has 0 aromatic carbocycles. The van der Waals surface area contributed by atoms with Gasteiger partial charge in [0.15, 0.2) is 0 Å². The Balaban J connectivity index is 2.23. The first-order valence-corrected chi connectivity index (χ1v) is 6.41. The third-order valence-electron chi connectivity index (χ3n) is 3.06. The number of piperazine rings is 1. The van der Waals surface area contributed by atoms with Gasteiger partial charge >= 0.3 is 0 Å². The topological polar surface area (TPSA) is 56.4 Å². The highest BCUT2D eigenvalue weighted by atomic mass is 16.2. The van der Waals surface area contributed by atoms with E-state index in [-0.39, 0.29) is 18.0 Å². The number of carbonyl (C=O) groups is 1. The van der Waals surface area contributed by atoms with Gasteiger partial charge in [0.2, 0.25) is 5.91 Å². The zero-order chi connectivity index (χ0) is 12.8. The van der Waals surface area contributed by atoms with E-state index in [0.717, 1.165) is 19.5 Å². The molecular formula is C12H26N4O. The van der Waals surface area contributed by atoms with Crippen LogP contribution in [0.3, 0.4) is 0 Å². The molecule has 3 unspecified atom stereocenters. The molecule has 0 bridgehead atoms. The fourth-order valence-electron chi connectivity index (χ4n) is 1.84. The van der Waals surface area contributed by atoms with Gasteiger partial charge in [0.05, 0.1) is 6.04 Å². The van der Waals surface area contributed by atoms with Crippen molar-refractivity contribution in [1.29, 1.82) is 0 Å². The Bertz CT molecular complexity index is 237. The van der Waals surface area contributed by atoms with E-state index in [1.54, 1.807) is 0 Å². The Hall–Kier alpha value is -0.650. The highest BCUT2D eigenvalue weighted by Gasteiger charge is 2.23. The summed E-state index contributed by atoms with van der Waals surface area (Å²) in [6.07, 6.45) is 0.981. The van der Waals surface area contributed by atoms with Crippen LogP contribution in [0.15, 0.2) is 0 Å². The number of rotatable bonds is 5. The van der Waals surface area contributed by atoms with Gasteiger partial charge in [0.25, 0.3) is 0 Å². The average molecular weight is 242 g/mol. The van der Waals surface area contributed by atoms with Gasteiger partial charge in [0.1, 0.15) is 0 Å². The number of hydrogen-bond donors (Lipinski definition) is 3. The average Bonchev–Trinajstić information content (AvgIpc) is 2.27. The van der Waals surface area contributed by atoms with Crippen LogP contribution in [0.5, 0.6) is 0 Å². The minimum absolute atomic E-state index is 0.0898. The zero-order valence-electron chi connectivity index (χ0n) is 11.4. The fraction of sp³-hybridized carbons (Fsp3) is 0.917. The summed E-state index contributed by atoms with van der Waals surface area (Å²) >= 11 is 0. The third kappa shape index (κ3) is 5.48. The van der Waals surface area contributed by atoms with Gasteiger partial charge in [0, 0.05) is 25.2 Å². The smallest absolute Gasteiger partial charge is 0.238 e. The van der Waals surface area contributed by atoms with Gasteiger partial charge in [-0.2, -0.15) is 0 Å². The summed E-state index contributed by atoms with van der Waals surface area (Å²) in [4.78, 5) is 14.1. The lowest BCUT2D eigenvalue weighted by molar-refractivity contribution is -0.124. The molecule has 0 aromatic rings. The monoisotopic (exact) mass is 242 g/mol. The Labute approximate surface area is 104 Å². The van der Waals surface area contributed by atoms with Crippen LogP contribution in [-0.2, 0) is 4.79 Å². The minimum atomic E-state index is -0.0898. The molecule has 1 aliphatic heterocycles. The molecule has 3 atom stereocenters. The molecule has 100 valence electrons. The maximum Gasteiger partial charge on any atom is 0.238 e. The van der Waals surface area contributed by atoms with Gasteiger partial charge in [-0.3, -0.25) is 4.79 Å². The van der Waals surface area contributed by atoms with Crippen LogP contribution < -0.4 is 16.0 Å².